The fourth-order valence-electron chi connectivity index (χ4n) is 3.01. The molecule has 158 valence electrons. The number of hydrogen-bond acceptors (Lipinski definition) is 4. The summed E-state index contributed by atoms with van der Waals surface area (Å²) in [5.74, 6) is -1.31. The minimum absolute atomic E-state index is 0.0957. The van der Waals surface area contributed by atoms with Crippen molar-refractivity contribution in [1.82, 2.24) is 5.32 Å². The Balaban J connectivity index is 1.53. The van der Waals surface area contributed by atoms with Crippen LogP contribution in [0.1, 0.15) is 27.0 Å². The molecule has 0 radical (unpaired) electrons. The number of benzene rings is 3. The first-order valence-corrected chi connectivity index (χ1v) is 9.94. The number of carbonyl (C=O) groups excluding carboxylic acids is 3. The molecule has 3 rings (SSSR count). The maximum Gasteiger partial charge on any atom is 0.310 e. The number of amides is 2. The molecule has 2 N–H and O–H groups in total. The quantitative estimate of drug-likeness (QED) is 0.549. The van der Waals surface area contributed by atoms with Gasteiger partial charge in [-0.15, -0.1) is 0 Å². The Morgan fingerprint density at radius 3 is 2.29 bits per heavy atom. The summed E-state index contributed by atoms with van der Waals surface area (Å²) in [7, 11) is 0. The summed E-state index contributed by atoms with van der Waals surface area (Å²) in [5.41, 5.74) is 3.50. The van der Waals surface area contributed by atoms with E-state index in [0.717, 1.165) is 16.7 Å². The summed E-state index contributed by atoms with van der Waals surface area (Å²) in [4.78, 5) is 36.9. The van der Waals surface area contributed by atoms with Crippen LogP contribution in [0.4, 0.5) is 5.69 Å². The topological polar surface area (TPSA) is 84.5 Å². The van der Waals surface area contributed by atoms with E-state index in [2.05, 4.69) is 10.6 Å². The molecule has 0 aromatic heterocycles. The first kappa shape index (κ1) is 21.8. The number of nitrogens with one attached hydrogen (secondary N) is 2. The van der Waals surface area contributed by atoms with Gasteiger partial charge < -0.3 is 15.4 Å². The molecule has 3 aromatic rings. The molecule has 6 nitrogen and oxygen atoms in total. The van der Waals surface area contributed by atoms with Gasteiger partial charge in [-0.3, -0.25) is 14.4 Å². The fraction of sp³-hybridized carbons (Fsp3) is 0.160. The number of hydrogen-bond donors (Lipinski definition) is 2. The van der Waals surface area contributed by atoms with E-state index in [1.54, 1.807) is 24.3 Å². The molecule has 3 aromatic carbocycles. The standard InChI is InChI=1S/C25H24N2O4/c1-18-9-5-6-12-20(18)15-24(29)31-17-23(28)27-22-14-8-7-13-21(22)25(30)26-16-19-10-3-2-4-11-19/h2-14H,15-17H2,1H3,(H,26,30)(H,27,28). The third-order valence-electron chi connectivity index (χ3n) is 4.70. The van der Waals surface area contributed by atoms with Crippen LogP contribution in [0.2, 0.25) is 0 Å². The third-order valence-corrected chi connectivity index (χ3v) is 4.70. The van der Waals surface area contributed by atoms with Crippen molar-refractivity contribution >= 4 is 23.5 Å². The van der Waals surface area contributed by atoms with Crippen LogP contribution < -0.4 is 10.6 Å². The van der Waals surface area contributed by atoms with Crippen molar-refractivity contribution in [2.45, 2.75) is 19.9 Å². The Hall–Kier alpha value is -3.93. The van der Waals surface area contributed by atoms with Crippen LogP contribution in [-0.2, 0) is 27.3 Å². The molecule has 0 fully saturated rings. The van der Waals surface area contributed by atoms with Gasteiger partial charge >= 0.3 is 5.97 Å². The van der Waals surface area contributed by atoms with E-state index in [4.69, 9.17) is 4.74 Å². The molecule has 0 aliphatic heterocycles. The summed E-state index contributed by atoms with van der Waals surface area (Å²) in [6.45, 7) is 1.86. The number of para-hydroxylation sites is 1. The van der Waals surface area contributed by atoms with Crippen molar-refractivity contribution in [3.05, 3.63) is 101 Å². The Morgan fingerprint density at radius 2 is 1.52 bits per heavy atom. The molecule has 6 heteroatoms. The monoisotopic (exact) mass is 416 g/mol. The maximum atomic E-state index is 12.6. The summed E-state index contributed by atoms with van der Waals surface area (Å²) >= 11 is 0. The van der Waals surface area contributed by atoms with Crippen LogP contribution in [0.25, 0.3) is 0 Å². The Kier molecular flexibility index (Phi) is 7.54. The minimum atomic E-state index is -0.513. The van der Waals surface area contributed by atoms with Crippen LogP contribution in [0.15, 0.2) is 78.9 Å². The summed E-state index contributed by atoms with van der Waals surface area (Å²) < 4.78 is 5.09. The van der Waals surface area contributed by atoms with Crippen LogP contribution in [0, 0.1) is 6.92 Å². The summed E-state index contributed by atoms with van der Waals surface area (Å²) in [6.07, 6.45) is 0.0957. The molecule has 0 spiro atoms. The molecule has 0 bridgehead atoms. The van der Waals surface area contributed by atoms with E-state index in [9.17, 15) is 14.4 Å². The van der Waals surface area contributed by atoms with Crippen molar-refractivity contribution in [1.29, 1.82) is 0 Å². The molecule has 2 amide bonds. The van der Waals surface area contributed by atoms with Crippen LogP contribution in [0.3, 0.4) is 0 Å². The first-order valence-electron chi connectivity index (χ1n) is 9.94. The lowest BCUT2D eigenvalue weighted by molar-refractivity contribution is -0.146. The van der Waals surface area contributed by atoms with Crippen LogP contribution >= 0.6 is 0 Å². The Bertz CT molecular complexity index is 1060. The second-order valence-corrected chi connectivity index (χ2v) is 7.03. The van der Waals surface area contributed by atoms with E-state index in [1.807, 2.05) is 61.5 Å². The van der Waals surface area contributed by atoms with E-state index >= 15 is 0 Å². The highest BCUT2D eigenvalue weighted by Crippen LogP contribution is 2.15. The lowest BCUT2D eigenvalue weighted by Crippen LogP contribution is -2.26. The molecule has 0 atom stereocenters. The van der Waals surface area contributed by atoms with Crippen LogP contribution in [0.5, 0.6) is 0 Å². The summed E-state index contributed by atoms with van der Waals surface area (Å²) in [6, 6.07) is 23.7. The average molecular weight is 416 g/mol. The van der Waals surface area contributed by atoms with Gasteiger partial charge in [0.05, 0.1) is 17.7 Å². The zero-order valence-corrected chi connectivity index (χ0v) is 17.3. The van der Waals surface area contributed by atoms with Crippen molar-refractivity contribution in [2.75, 3.05) is 11.9 Å². The summed E-state index contributed by atoms with van der Waals surface area (Å²) in [5, 5.41) is 5.48. The molecule has 0 heterocycles. The second-order valence-electron chi connectivity index (χ2n) is 7.03. The third kappa shape index (κ3) is 6.54. The van der Waals surface area contributed by atoms with Crippen molar-refractivity contribution < 1.29 is 19.1 Å². The SMILES string of the molecule is Cc1ccccc1CC(=O)OCC(=O)Nc1ccccc1C(=O)NCc1ccccc1. The Morgan fingerprint density at radius 1 is 0.839 bits per heavy atom. The predicted octanol–water partition coefficient (Wildman–Crippen LogP) is 3.65. The number of aryl methyl sites for hydroxylation is 1. The largest absolute Gasteiger partial charge is 0.455 e. The van der Waals surface area contributed by atoms with Gasteiger partial charge in [0.1, 0.15) is 0 Å². The number of rotatable bonds is 8. The van der Waals surface area contributed by atoms with Gasteiger partial charge in [0.25, 0.3) is 11.8 Å². The molecule has 31 heavy (non-hydrogen) atoms. The van der Waals surface area contributed by atoms with E-state index < -0.39 is 18.5 Å². The van der Waals surface area contributed by atoms with Gasteiger partial charge in [0, 0.05) is 6.54 Å². The van der Waals surface area contributed by atoms with Gasteiger partial charge in [-0.05, 0) is 35.7 Å². The molecule has 0 saturated carbocycles. The van der Waals surface area contributed by atoms with Crippen molar-refractivity contribution in [3.8, 4) is 0 Å². The maximum absolute atomic E-state index is 12.6. The molecular weight excluding hydrogens is 392 g/mol. The average Bonchev–Trinajstić information content (AvgIpc) is 2.79. The van der Waals surface area contributed by atoms with Crippen molar-refractivity contribution in [3.63, 3.8) is 0 Å². The normalized spacial score (nSPS) is 10.2. The zero-order chi connectivity index (χ0) is 22.1. The van der Waals surface area contributed by atoms with Gasteiger partial charge in [-0.25, -0.2) is 0 Å². The second kappa shape index (κ2) is 10.7. The predicted molar refractivity (Wildman–Crippen MR) is 119 cm³/mol. The highest BCUT2D eigenvalue weighted by Gasteiger charge is 2.14. The number of carbonyl (C=O) groups is 3. The number of ether oxygens (including phenoxy) is 1. The highest BCUT2D eigenvalue weighted by molar-refractivity contribution is 6.04. The first-order chi connectivity index (χ1) is 15.0. The number of anilines is 1. The van der Waals surface area contributed by atoms with Crippen molar-refractivity contribution in [2.24, 2.45) is 0 Å². The van der Waals surface area contributed by atoms with E-state index in [1.165, 1.54) is 0 Å². The zero-order valence-electron chi connectivity index (χ0n) is 17.3. The van der Waals surface area contributed by atoms with Gasteiger partial charge in [0.15, 0.2) is 6.61 Å². The van der Waals surface area contributed by atoms with Gasteiger partial charge in [0.2, 0.25) is 0 Å². The van der Waals surface area contributed by atoms with Gasteiger partial charge in [-0.2, -0.15) is 0 Å². The molecule has 0 unspecified atom stereocenters. The molecule has 0 aliphatic carbocycles. The van der Waals surface area contributed by atoms with E-state index in [0.29, 0.717) is 17.8 Å². The Labute approximate surface area is 181 Å². The fourth-order valence-corrected chi connectivity index (χ4v) is 3.01. The highest BCUT2D eigenvalue weighted by atomic mass is 16.5. The molecule has 0 aliphatic rings. The van der Waals surface area contributed by atoms with Crippen LogP contribution in [-0.4, -0.2) is 24.4 Å². The smallest absolute Gasteiger partial charge is 0.310 e. The lowest BCUT2D eigenvalue weighted by Gasteiger charge is -2.12. The number of esters is 1. The lowest BCUT2D eigenvalue weighted by atomic mass is 10.1. The van der Waals surface area contributed by atoms with E-state index in [-0.39, 0.29) is 12.3 Å². The minimum Gasteiger partial charge on any atom is -0.455 e. The van der Waals surface area contributed by atoms with Gasteiger partial charge in [-0.1, -0.05) is 66.7 Å². The molecule has 0 saturated heterocycles. The molecular formula is C25H24N2O4.